The van der Waals surface area contributed by atoms with Crippen LogP contribution in [0.5, 0.6) is 0 Å². The lowest BCUT2D eigenvalue weighted by molar-refractivity contribution is -0.134. The van der Waals surface area contributed by atoms with E-state index in [1.807, 2.05) is 0 Å². The monoisotopic (exact) mass is 244 g/mol. The second-order valence-corrected chi connectivity index (χ2v) is 3.07. The highest BCUT2D eigenvalue weighted by atomic mass is 35.5. The summed E-state index contributed by atoms with van der Waals surface area (Å²) in [6, 6.07) is 5.89. The molecular formula is C10H10ClFN2O2. The third-order valence-corrected chi connectivity index (χ3v) is 1.83. The van der Waals surface area contributed by atoms with Crippen LogP contribution in [-0.4, -0.2) is 17.7 Å². The number of para-hydroxylation sites is 1. The Kier molecular flexibility index (Phi) is 4.72. The molecule has 0 unspecified atom stereocenters. The molecule has 0 saturated carbocycles. The highest BCUT2D eigenvalue weighted by Crippen LogP contribution is 2.12. The Morgan fingerprint density at radius 1 is 1.56 bits per heavy atom. The molecule has 16 heavy (non-hydrogen) atoms. The number of hydrazone groups is 1. The van der Waals surface area contributed by atoms with E-state index >= 15 is 0 Å². The van der Waals surface area contributed by atoms with Gasteiger partial charge in [0.25, 0.3) is 0 Å². The average Bonchev–Trinajstić information content (AvgIpc) is 2.28. The number of nitrogens with one attached hydrogen (secondary N) is 1. The summed E-state index contributed by atoms with van der Waals surface area (Å²) < 4.78 is 17.7. The molecule has 86 valence electrons. The van der Waals surface area contributed by atoms with Crippen molar-refractivity contribution in [3.8, 4) is 0 Å². The molecule has 0 atom stereocenters. The maximum atomic E-state index is 13.1. The zero-order chi connectivity index (χ0) is 12.0. The Bertz CT molecular complexity index is 410. The molecule has 0 aliphatic rings. The lowest BCUT2D eigenvalue weighted by atomic mass is 10.3. The molecule has 0 bridgehead atoms. The Morgan fingerprint density at radius 3 is 2.88 bits per heavy atom. The summed E-state index contributed by atoms with van der Waals surface area (Å²) in [6.45, 7) is 1.84. The van der Waals surface area contributed by atoms with E-state index in [9.17, 15) is 9.18 Å². The molecule has 0 aliphatic carbocycles. The van der Waals surface area contributed by atoms with E-state index in [2.05, 4.69) is 15.3 Å². The minimum atomic E-state index is -0.756. The molecule has 0 amide bonds. The minimum absolute atomic E-state index is 0.130. The molecule has 0 aromatic heterocycles. The van der Waals surface area contributed by atoms with Crippen LogP contribution in [0.25, 0.3) is 0 Å². The summed E-state index contributed by atoms with van der Waals surface area (Å²) in [5.41, 5.74) is 2.46. The Morgan fingerprint density at radius 2 is 2.25 bits per heavy atom. The number of carbonyl (C=O) groups is 1. The van der Waals surface area contributed by atoms with Crippen molar-refractivity contribution in [2.45, 2.75) is 6.92 Å². The van der Waals surface area contributed by atoms with E-state index in [0.29, 0.717) is 0 Å². The molecule has 1 aromatic rings. The average molecular weight is 245 g/mol. The number of rotatable bonds is 4. The van der Waals surface area contributed by atoms with Crippen molar-refractivity contribution in [2.24, 2.45) is 5.10 Å². The smallest absolute Gasteiger partial charge is 0.370 e. The van der Waals surface area contributed by atoms with E-state index in [4.69, 9.17) is 11.6 Å². The van der Waals surface area contributed by atoms with Gasteiger partial charge in [-0.2, -0.15) is 5.10 Å². The zero-order valence-electron chi connectivity index (χ0n) is 8.54. The minimum Gasteiger partial charge on any atom is -0.461 e. The normalized spacial score (nSPS) is 11.1. The first-order valence-electron chi connectivity index (χ1n) is 4.56. The van der Waals surface area contributed by atoms with Crippen LogP contribution in [0.15, 0.2) is 29.4 Å². The second kappa shape index (κ2) is 6.07. The molecule has 4 nitrogen and oxygen atoms in total. The van der Waals surface area contributed by atoms with Gasteiger partial charge in [0, 0.05) is 0 Å². The lowest BCUT2D eigenvalue weighted by Gasteiger charge is -2.02. The van der Waals surface area contributed by atoms with E-state index < -0.39 is 11.8 Å². The van der Waals surface area contributed by atoms with Crippen molar-refractivity contribution in [1.29, 1.82) is 0 Å². The van der Waals surface area contributed by atoms with Gasteiger partial charge in [-0.1, -0.05) is 23.7 Å². The van der Waals surface area contributed by atoms with Gasteiger partial charge < -0.3 is 4.74 Å². The lowest BCUT2D eigenvalue weighted by Crippen LogP contribution is -2.13. The zero-order valence-corrected chi connectivity index (χ0v) is 9.29. The molecule has 6 heteroatoms. The molecule has 0 saturated heterocycles. The number of ether oxygens (including phenoxy) is 1. The first-order valence-corrected chi connectivity index (χ1v) is 4.93. The molecule has 0 radical (unpaired) electrons. The van der Waals surface area contributed by atoms with E-state index in [1.54, 1.807) is 13.0 Å². The van der Waals surface area contributed by atoms with Crippen molar-refractivity contribution in [3.05, 3.63) is 30.1 Å². The summed E-state index contributed by atoms with van der Waals surface area (Å²) >= 11 is 5.50. The van der Waals surface area contributed by atoms with Crippen molar-refractivity contribution in [1.82, 2.24) is 0 Å². The van der Waals surface area contributed by atoms with Crippen LogP contribution >= 0.6 is 11.6 Å². The SMILES string of the molecule is CCOC(=O)/C(Cl)=N\Nc1ccccc1F. The third-order valence-electron chi connectivity index (χ3n) is 1.59. The fourth-order valence-electron chi connectivity index (χ4n) is 0.897. The molecule has 1 rings (SSSR count). The number of anilines is 1. The molecule has 0 spiro atoms. The second-order valence-electron chi connectivity index (χ2n) is 2.71. The third kappa shape index (κ3) is 3.51. The number of esters is 1. The summed E-state index contributed by atoms with van der Waals surface area (Å²) in [6.07, 6.45) is 0. The number of carbonyl (C=O) groups excluding carboxylic acids is 1. The van der Waals surface area contributed by atoms with Gasteiger partial charge >= 0.3 is 5.97 Å². The summed E-state index contributed by atoms with van der Waals surface area (Å²) in [7, 11) is 0. The first kappa shape index (κ1) is 12.4. The van der Waals surface area contributed by atoms with Crippen LogP contribution in [0.1, 0.15) is 6.92 Å². The van der Waals surface area contributed by atoms with Gasteiger partial charge in [0.2, 0.25) is 5.17 Å². The van der Waals surface area contributed by atoms with Gasteiger partial charge in [0.05, 0.1) is 12.3 Å². The van der Waals surface area contributed by atoms with Crippen LogP contribution in [0.4, 0.5) is 10.1 Å². The number of halogens is 2. The molecule has 1 N–H and O–H groups in total. The van der Waals surface area contributed by atoms with Gasteiger partial charge in [0.15, 0.2) is 0 Å². The van der Waals surface area contributed by atoms with Crippen molar-refractivity contribution < 1.29 is 13.9 Å². The Labute approximate surface area is 97.1 Å². The Balaban J connectivity index is 2.66. The molecule has 1 aromatic carbocycles. The van der Waals surface area contributed by atoms with Gasteiger partial charge in [-0.05, 0) is 19.1 Å². The number of hydrogen-bond acceptors (Lipinski definition) is 4. The fourth-order valence-corrected chi connectivity index (χ4v) is 0.994. The van der Waals surface area contributed by atoms with Gasteiger partial charge in [-0.15, -0.1) is 0 Å². The van der Waals surface area contributed by atoms with Crippen LogP contribution in [-0.2, 0) is 9.53 Å². The predicted molar refractivity (Wildman–Crippen MR) is 59.9 cm³/mol. The van der Waals surface area contributed by atoms with Crippen LogP contribution in [0.3, 0.4) is 0 Å². The van der Waals surface area contributed by atoms with Crippen molar-refractivity contribution in [2.75, 3.05) is 12.0 Å². The highest BCUT2D eigenvalue weighted by Gasteiger charge is 2.09. The van der Waals surface area contributed by atoms with Crippen molar-refractivity contribution >= 4 is 28.4 Å². The van der Waals surface area contributed by atoms with E-state index in [0.717, 1.165) is 0 Å². The highest BCUT2D eigenvalue weighted by molar-refractivity contribution is 6.82. The van der Waals surface area contributed by atoms with Crippen LogP contribution in [0, 0.1) is 5.82 Å². The van der Waals surface area contributed by atoms with E-state index in [1.165, 1.54) is 18.2 Å². The Hall–Kier alpha value is -1.62. The van der Waals surface area contributed by atoms with Crippen LogP contribution < -0.4 is 5.43 Å². The van der Waals surface area contributed by atoms with E-state index in [-0.39, 0.29) is 17.5 Å². The topological polar surface area (TPSA) is 50.7 Å². The molecule has 0 aliphatic heterocycles. The molecule has 0 heterocycles. The maximum Gasteiger partial charge on any atom is 0.370 e. The summed E-state index contributed by atoms with van der Waals surface area (Å²) in [5.74, 6) is -1.24. The van der Waals surface area contributed by atoms with Gasteiger partial charge in [0.1, 0.15) is 5.82 Å². The number of nitrogens with zero attached hydrogens (tertiary/aromatic N) is 1. The fraction of sp³-hybridized carbons (Fsp3) is 0.200. The summed E-state index contributed by atoms with van der Waals surface area (Å²) in [5, 5.41) is 3.11. The number of hydrogen-bond donors (Lipinski definition) is 1. The predicted octanol–water partition coefficient (Wildman–Crippen LogP) is 2.35. The largest absolute Gasteiger partial charge is 0.461 e. The summed E-state index contributed by atoms with van der Waals surface area (Å²) in [4.78, 5) is 11.0. The van der Waals surface area contributed by atoms with Crippen LogP contribution in [0.2, 0.25) is 0 Å². The molecular weight excluding hydrogens is 235 g/mol. The van der Waals surface area contributed by atoms with Gasteiger partial charge in [-0.3, -0.25) is 5.43 Å². The quantitative estimate of drug-likeness (QED) is 0.503. The molecule has 0 fully saturated rings. The standard InChI is InChI=1S/C10H10ClFN2O2/c1-2-16-10(15)9(11)14-13-8-6-4-3-5-7(8)12/h3-6,13H,2H2,1H3/b14-9+. The van der Waals surface area contributed by atoms with Gasteiger partial charge in [-0.25, -0.2) is 9.18 Å². The first-order chi connectivity index (χ1) is 7.65. The maximum absolute atomic E-state index is 13.1. The number of benzene rings is 1. The van der Waals surface area contributed by atoms with Crippen molar-refractivity contribution in [3.63, 3.8) is 0 Å².